The molecule has 1 aromatic carbocycles. The Hall–Kier alpha value is -1.83. The van der Waals surface area contributed by atoms with Crippen LogP contribution in [-0.4, -0.2) is 5.78 Å². The maximum Gasteiger partial charge on any atom is 0.194 e. The van der Waals surface area contributed by atoms with Gasteiger partial charge >= 0.3 is 0 Å². The fourth-order valence-corrected chi connectivity index (χ4v) is 2.68. The molecule has 2 nitrogen and oxygen atoms in total. The summed E-state index contributed by atoms with van der Waals surface area (Å²) >= 11 is 0. The van der Waals surface area contributed by atoms with E-state index in [1.807, 2.05) is 6.07 Å². The van der Waals surface area contributed by atoms with Crippen LogP contribution in [-0.2, 0) is 12.8 Å². The monoisotopic (exact) mass is 240 g/mol. The van der Waals surface area contributed by atoms with Crippen LogP contribution in [0.15, 0.2) is 34.7 Å². The SMILES string of the molecule is CC(=O)c1ccc(-c2cccc3c2CCCC3)o1. The molecule has 0 atom stereocenters. The summed E-state index contributed by atoms with van der Waals surface area (Å²) in [4.78, 5) is 11.3. The topological polar surface area (TPSA) is 30.2 Å². The van der Waals surface area contributed by atoms with Crippen LogP contribution < -0.4 is 0 Å². The van der Waals surface area contributed by atoms with Crippen LogP contribution in [0.4, 0.5) is 0 Å². The van der Waals surface area contributed by atoms with Crippen LogP contribution in [0, 0.1) is 0 Å². The van der Waals surface area contributed by atoms with E-state index in [1.165, 1.54) is 30.9 Å². The first-order chi connectivity index (χ1) is 8.75. The summed E-state index contributed by atoms with van der Waals surface area (Å²) in [5, 5.41) is 0. The zero-order valence-corrected chi connectivity index (χ0v) is 10.5. The molecule has 2 aromatic rings. The number of carbonyl (C=O) groups excluding carboxylic acids is 1. The molecule has 1 heterocycles. The molecule has 2 heteroatoms. The van der Waals surface area contributed by atoms with Crippen LogP contribution in [0.3, 0.4) is 0 Å². The number of benzene rings is 1. The number of aryl methyl sites for hydroxylation is 1. The van der Waals surface area contributed by atoms with Crippen LogP contribution in [0.5, 0.6) is 0 Å². The summed E-state index contributed by atoms with van der Waals surface area (Å²) in [5.41, 5.74) is 3.98. The van der Waals surface area contributed by atoms with Gasteiger partial charge in [-0.25, -0.2) is 0 Å². The minimum atomic E-state index is -0.0222. The molecule has 18 heavy (non-hydrogen) atoms. The molecule has 3 rings (SSSR count). The van der Waals surface area contributed by atoms with Gasteiger partial charge in [0, 0.05) is 12.5 Å². The third-order valence-corrected chi connectivity index (χ3v) is 3.61. The van der Waals surface area contributed by atoms with E-state index in [-0.39, 0.29) is 5.78 Å². The molecule has 0 bridgehead atoms. The van der Waals surface area contributed by atoms with E-state index in [9.17, 15) is 4.79 Å². The maximum atomic E-state index is 11.3. The first-order valence-electron chi connectivity index (χ1n) is 6.47. The molecule has 1 aromatic heterocycles. The van der Waals surface area contributed by atoms with Gasteiger partial charge in [-0.05, 0) is 48.9 Å². The van der Waals surface area contributed by atoms with Crippen molar-refractivity contribution < 1.29 is 9.21 Å². The Balaban J connectivity index is 2.08. The molecule has 0 fully saturated rings. The molecule has 92 valence electrons. The number of Topliss-reactive ketones (excluding diaryl/α,β-unsaturated/α-hetero) is 1. The van der Waals surface area contributed by atoms with Gasteiger partial charge in [0.25, 0.3) is 0 Å². The highest BCUT2D eigenvalue weighted by molar-refractivity contribution is 5.91. The average molecular weight is 240 g/mol. The van der Waals surface area contributed by atoms with Gasteiger partial charge < -0.3 is 4.42 Å². The number of rotatable bonds is 2. The zero-order chi connectivity index (χ0) is 12.5. The van der Waals surface area contributed by atoms with E-state index in [0.717, 1.165) is 24.2 Å². The van der Waals surface area contributed by atoms with Crippen LogP contribution in [0.2, 0.25) is 0 Å². The minimum absolute atomic E-state index is 0.0222. The van der Waals surface area contributed by atoms with Gasteiger partial charge in [0.1, 0.15) is 5.76 Å². The lowest BCUT2D eigenvalue weighted by atomic mass is 9.87. The Labute approximate surface area is 107 Å². The Bertz CT molecular complexity index is 593. The van der Waals surface area contributed by atoms with Crippen molar-refractivity contribution in [2.75, 3.05) is 0 Å². The molecule has 0 spiro atoms. The van der Waals surface area contributed by atoms with Crippen molar-refractivity contribution in [2.24, 2.45) is 0 Å². The van der Waals surface area contributed by atoms with Gasteiger partial charge in [0.2, 0.25) is 0 Å². The van der Waals surface area contributed by atoms with Crippen molar-refractivity contribution in [3.63, 3.8) is 0 Å². The van der Waals surface area contributed by atoms with E-state index in [2.05, 4.69) is 18.2 Å². The highest BCUT2D eigenvalue weighted by atomic mass is 16.3. The Morgan fingerprint density at radius 3 is 2.72 bits per heavy atom. The molecule has 1 aliphatic carbocycles. The van der Waals surface area contributed by atoms with Crippen molar-refractivity contribution in [3.05, 3.63) is 47.2 Å². The fraction of sp³-hybridized carbons (Fsp3) is 0.312. The number of hydrogen-bond donors (Lipinski definition) is 0. The van der Waals surface area contributed by atoms with E-state index >= 15 is 0 Å². The second kappa shape index (κ2) is 4.45. The molecule has 0 N–H and O–H groups in total. The Morgan fingerprint density at radius 1 is 1.11 bits per heavy atom. The molecule has 0 aliphatic heterocycles. The standard InChI is InChI=1S/C16H16O2/c1-11(17)15-9-10-16(18-15)14-8-4-6-12-5-2-3-7-13(12)14/h4,6,8-10H,2-3,5,7H2,1H3. The molecule has 1 aliphatic rings. The Kier molecular flexibility index (Phi) is 2.78. The van der Waals surface area contributed by atoms with Crippen molar-refractivity contribution >= 4 is 5.78 Å². The van der Waals surface area contributed by atoms with Crippen molar-refractivity contribution in [3.8, 4) is 11.3 Å². The third kappa shape index (κ3) is 1.88. The second-order valence-corrected chi connectivity index (χ2v) is 4.87. The number of carbonyl (C=O) groups is 1. The van der Waals surface area contributed by atoms with Crippen molar-refractivity contribution in [1.82, 2.24) is 0 Å². The van der Waals surface area contributed by atoms with Crippen molar-refractivity contribution in [1.29, 1.82) is 0 Å². The van der Waals surface area contributed by atoms with Gasteiger partial charge in [0.15, 0.2) is 11.5 Å². The van der Waals surface area contributed by atoms with E-state index < -0.39 is 0 Å². The zero-order valence-electron chi connectivity index (χ0n) is 10.5. The summed E-state index contributed by atoms with van der Waals surface area (Å²) in [7, 11) is 0. The van der Waals surface area contributed by atoms with Crippen LogP contribution in [0.25, 0.3) is 11.3 Å². The Morgan fingerprint density at radius 2 is 1.94 bits per heavy atom. The van der Waals surface area contributed by atoms with Gasteiger partial charge in [-0.3, -0.25) is 4.79 Å². The molecular weight excluding hydrogens is 224 g/mol. The molecular formula is C16H16O2. The predicted molar refractivity (Wildman–Crippen MR) is 70.8 cm³/mol. The lowest BCUT2D eigenvalue weighted by molar-refractivity contribution is 0.0988. The maximum absolute atomic E-state index is 11.3. The van der Waals surface area contributed by atoms with Crippen LogP contribution >= 0.6 is 0 Å². The summed E-state index contributed by atoms with van der Waals surface area (Å²) in [6.07, 6.45) is 4.78. The number of ketones is 1. The molecule has 0 saturated heterocycles. The lowest BCUT2D eigenvalue weighted by Crippen LogP contribution is -2.03. The van der Waals surface area contributed by atoms with E-state index in [0.29, 0.717) is 5.76 Å². The minimum Gasteiger partial charge on any atom is -0.453 e. The second-order valence-electron chi connectivity index (χ2n) is 4.87. The predicted octanol–water partition coefficient (Wildman–Crippen LogP) is 4.03. The highest BCUT2D eigenvalue weighted by Gasteiger charge is 2.16. The molecule has 0 amide bonds. The molecule has 0 radical (unpaired) electrons. The molecule has 0 saturated carbocycles. The lowest BCUT2D eigenvalue weighted by Gasteiger charge is -2.18. The number of furan rings is 1. The highest BCUT2D eigenvalue weighted by Crippen LogP contribution is 2.32. The molecule has 0 unspecified atom stereocenters. The third-order valence-electron chi connectivity index (χ3n) is 3.61. The largest absolute Gasteiger partial charge is 0.453 e. The van der Waals surface area contributed by atoms with E-state index in [4.69, 9.17) is 4.42 Å². The fourth-order valence-electron chi connectivity index (χ4n) is 2.68. The quantitative estimate of drug-likeness (QED) is 0.742. The van der Waals surface area contributed by atoms with Gasteiger partial charge in [-0.2, -0.15) is 0 Å². The first-order valence-corrected chi connectivity index (χ1v) is 6.47. The average Bonchev–Trinajstić information content (AvgIpc) is 2.87. The summed E-state index contributed by atoms with van der Waals surface area (Å²) in [6, 6.07) is 10.0. The van der Waals surface area contributed by atoms with Gasteiger partial charge in [0.05, 0.1) is 0 Å². The summed E-state index contributed by atoms with van der Waals surface area (Å²) in [5.74, 6) is 1.24. The van der Waals surface area contributed by atoms with Crippen LogP contribution in [0.1, 0.15) is 41.4 Å². The number of fused-ring (bicyclic) bond motifs is 1. The summed E-state index contributed by atoms with van der Waals surface area (Å²) in [6.45, 7) is 1.53. The normalized spacial score (nSPS) is 14.3. The smallest absolute Gasteiger partial charge is 0.194 e. The van der Waals surface area contributed by atoms with E-state index in [1.54, 1.807) is 6.07 Å². The first kappa shape index (κ1) is 11.3. The number of hydrogen-bond acceptors (Lipinski definition) is 2. The van der Waals surface area contributed by atoms with Gasteiger partial charge in [-0.15, -0.1) is 0 Å². The van der Waals surface area contributed by atoms with Gasteiger partial charge in [-0.1, -0.05) is 18.2 Å². The summed E-state index contributed by atoms with van der Waals surface area (Å²) < 4.78 is 5.65. The van der Waals surface area contributed by atoms with Crippen molar-refractivity contribution in [2.45, 2.75) is 32.6 Å².